The maximum atomic E-state index is 13.5. The number of ether oxygens (including phenoxy) is 1. The highest BCUT2D eigenvalue weighted by Gasteiger charge is 2.60. The van der Waals surface area contributed by atoms with Crippen LogP contribution in [0.4, 0.5) is 0 Å². The van der Waals surface area contributed by atoms with Gasteiger partial charge in [0, 0.05) is 25.3 Å². The molecule has 0 bridgehead atoms. The second-order valence-electron chi connectivity index (χ2n) is 12.5. The summed E-state index contributed by atoms with van der Waals surface area (Å²) in [5, 5.41) is 3.38. The fourth-order valence-electron chi connectivity index (χ4n) is 8.76. The van der Waals surface area contributed by atoms with Gasteiger partial charge in [0.05, 0.1) is 0 Å². The lowest BCUT2D eigenvalue weighted by Gasteiger charge is -2.58. The third kappa shape index (κ3) is 4.47. The third-order valence-electron chi connectivity index (χ3n) is 10.5. The Hall–Kier alpha value is -2.10. The van der Waals surface area contributed by atoms with Gasteiger partial charge in [-0.1, -0.05) is 55.8 Å². The molecule has 0 aliphatic heterocycles. The molecule has 35 heavy (non-hydrogen) atoms. The van der Waals surface area contributed by atoms with Crippen LogP contribution in [-0.2, 0) is 20.7 Å². The van der Waals surface area contributed by atoms with Crippen molar-refractivity contribution in [2.75, 3.05) is 0 Å². The second kappa shape index (κ2) is 9.41. The molecule has 0 spiro atoms. The van der Waals surface area contributed by atoms with Gasteiger partial charge >= 0.3 is 5.97 Å². The first kappa shape index (κ1) is 24.6. The van der Waals surface area contributed by atoms with E-state index in [1.54, 1.807) is 0 Å². The first-order chi connectivity index (χ1) is 16.7. The van der Waals surface area contributed by atoms with Crippen LogP contribution in [0.2, 0.25) is 0 Å². The van der Waals surface area contributed by atoms with Crippen LogP contribution in [0.5, 0.6) is 0 Å². The van der Waals surface area contributed by atoms with Gasteiger partial charge in [-0.25, -0.2) is 0 Å². The standard InChI is InChI=1S/C31H43NO3/c1-20(18-22-8-6-5-7-9-22)32-29(34)28-13-12-26-25-11-10-23-19-24(35-21(2)33)14-16-30(23,3)27(25)15-17-31(26,28)4/h5-10,20,24-28H,11-19H2,1-4H3,(H,32,34)/t20-,24-,25-,26-,27-,28+,30-,31-/m0/s1. The van der Waals surface area contributed by atoms with E-state index >= 15 is 0 Å². The number of hydrogen-bond donors (Lipinski definition) is 1. The second-order valence-corrected chi connectivity index (χ2v) is 12.5. The van der Waals surface area contributed by atoms with Crippen molar-refractivity contribution in [1.29, 1.82) is 0 Å². The zero-order chi connectivity index (χ0) is 24.8. The molecule has 1 amide bonds. The van der Waals surface area contributed by atoms with Crippen molar-refractivity contribution >= 4 is 11.9 Å². The van der Waals surface area contributed by atoms with E-state index in [2.05, 4.69) is 56.4 Å². The van der Waals surface area contributed by atoms with E-state index in [4.69, 9.17) is 4.74 Å². The number of hydrogen-bond acceptors (Lipinski definition) is 3. The van der Waals surface area contributed by atoms with E-state index in [-0.39, 0.29) is 40.8 Å². The molecular weight excluding hydrogens is 434 g/mol. The molecule has 4 aliphatic rings. The number of amides is 1. The molecule has 5 rings (SSSR count). The van der Waals surface area contributed by atoms with E-state index < -0.39 is 0 Å². The molecular formula is C31H43NO3. The SMILES string of the molecule is CC(=O)O[C@H]1CC[C@@]2(C)C(=CC[C@H]3[C@@H]4CC[C@H](C(=O)N[C@@H](C)Cc5ccccc5)[C@@]4(C)CC[C@@H]32)C1. The number of carbonyl (C=O) groups is 2. The van der Waals surface area contributed by atoms with Gasteiger partial charge < -0.3 is 10.1 Å². The van der Waals surface area contributed by atoms with Crippen molar-refractivity contribution in [2.45, 2.75) is 97.6 Å². The van der Waals surface area contributed by atoms with Crippen LogP contribution in [0, 0.1) is 34.5 Å². The molecule has 0 heterocycles. The van der Waals surface area contributed by atoms with Gasteiger partial charge in [0.2, 0.25) is 5.91 Å². The molecule has 4 aliphatic carbocycles. The van der Waals surface area contributed by atoms with E-state index in [1.165, 1.54) is 30.9 Å². The molecule has 0 unspecified atom stereocenters. The van der Waals surface area contributed by atoms with Gasteiger partial charge in [0.1, 0.15) is 6.10 Å². The highest BCUT2D eigenvalue weighted by Crippen LogP contribution is 2.66. The Kier molecular flexibility index (Phi) is 6.61. The van der Waals surface area contributed by atoms with Gasteiger partial charge in [0.25, 0.3) is 0 Å². The van der Waals surface area contributed by atoms with Crippen LogP contribution >= 0.6 is 0 Å². The van der Waals surface area contributed by atoms with Gasteiger partial charge in [0.15, 0.2) is 0 Å². The van der Waals surface area contributed by atoms with Gasteiger partial charge in [-0.3, -0.25) is 9.59 Å². The van der Waals surface area contributed by atoms with Crippen molar-refractivity contribution < 1.29 is 14.3 Å². The maximum absolute atomic E-state index is 13.5. The van der Waals surface area contributed by atoms with Crippen LogP contribution in [0.3, 0.4) is 0 Å². The largest absolute Gasteiger partial charge is 0.462 e. The fraction of sp³-hybridized carbons (Fsp3) is 0.677. The van der Waals surface area contributed by atoms with Crippen molar-refractivity contribution in [3.8, 4) is 0 Å². The van der Waals surface area contributed by atoms with Crippen molar-refractivity contribution in [3.05, 3.63) is 47.5 Å². The lowest BCUT2D eigenvalue weighted by Crippen LogP contribution is -2.52. The molecule has 1 N–H and O–H groups in total. The Morgan fingerprint density at radius 3 is 2.57 bits per heavy atom. The predicted molar refractivity (Wildman–Crippen MR) is 138 cm³/mol. The summed E-state index contributed by atoms with van der Waals surface area (Å²) in [5.41, 5.74) is 3.14. The average molecular weight is 478 g/mol. The lowest BCUT2D eigenvalue weighted by atomic mass is 9.47. The van der Waals surface area contributed by atoms with E-state index in [0.29, 0.717) is 17.8 Å². The van der Waals surface area contributed by atoms with Gasteiger partial charge in [-0.15, -0.1) is 0 Å². The fourth-order valence-corrected chi connectivity index (χ4v) is 8.76. The molecule has 1 aromatic carbocycles. The Morgan fingerprint density at radius 2 is 1.83 bits per heavy atom. The molecule has 190 valence electrons. The number of fused-ring (bicyclic) bond motifs is 5. The predicted octanol–water partition coefficient (Wildman–Crippen LogP) is 6.24. The number of esters is 1. The van der Waals surface area contributed by atoms with Crippen LogP contribution in [0.15, 0.2) is 42.0 Å². The molecule has 4 heteroatoms. The quantitative estimate of drug-likeness (QED) is 0.403. The van der Waals surface area contributed by atoms with Crippen LogP contribution in [-0.4, -0.2) is 24.0 Å². The minimum atomic E-state index is -0.158. The smallest absolute Gasteiger partial charge is 0.302 e. The Morgan fingerprint density at radius 1 is 1.06 bits per heavy atom. The van der Waals surface area contributed by atoms with Crippen LogP contribution < -0.4 is 5.32 Å². The summed E-state index contributed by atoms with van der Waals surface area (Å²) in [6, 6.07) is 10.6. The number of allylic oxidation sites excluding steroid dienone is 1. The summed E-state index contributed by atoms with van der Waals surface area (Å²) in [4.78, 5) is 25.0. The highest BCUT2D eigenvalue weighted by molar-refractivity contribution is 5.80. The molecule has 4 nitrogen and oxygen atoms in total. The summed E-state index contributed by atoms with van der Waals surface area (Å²) in [6.07, 6.45) is 12.1. The number of nitrogens with one attached hydrogen (secondary N) is 1. The van der Waals surface area contributed by atoms with Crippen LogP contribution in [0.25, 0.3) is 0 Å². The summed E-state index contributed by atoms with van der Waals surface area (Å²) < 4.78 is 5.59. The highest BCUT2D eigenvalue weighted by atomic mass is 16.5. The maximum Gasteiger partial charge on any atom is 0.302 e. The summed E-state index contributed by atoms with van der Waals surface area (Å²) >= 11 is 0. The summed E-state index contributed by atoms with van der Waals surface area (Å²) in [7, 11) is 0. The number of carbonyl (C=O) groups excluding carboxylic acids is 2. The molecule has 0 saturated heterocycles. The molecule has 8 atom stereocenters. The van der Waals surface area contributed by atoms with Crippen molar-refractivity contribution in [2.24, 2.45) is 34.5 Å². The molecule has 0 radical (unpaired) electrons. The molecule has 3 saturated carbocycles. The molecule has 3 fully saturated rings. The number of benzene rings is 1. The topological polar surface area (TPSA) is 55.4 Å². The average Bonchev–Trinajstić information content (AvgIpc) is 3.17. The Labute approximate surface area is 211 Å². The zero-order valence-electron chi connectivity index (χ0n) is 22.0. The van der Waals surface area contributed by atoms with Gasteiger partial charge in [-0.05, 0) is 92.4 Å². The molecule has 0 aromatic heterocycles. The van der Waals surface area contributed by atoms with E-state index in [1.807, 2.05) is 6.07 Å². The first-order valence-electron chi connectivity index (χ1n) is 13.9. The van der Waals surface area contributed by atoms with Gasteiger partial charge in [-0.2, -0.15) is 0 Å². The minimum absolute atomic E-state index is 0.0506. The third-order valence-corrected chi connectivity index (χ3v) is 10.5. The zero-order valence-corrected chi connectivity index (χ0v) is 22.0. The normalized spacial score (nSPS) is 38.9. The molecule has 1 aromatic rings. The van der Waals surface area contributed by atoms with E-state index in [9.17, 15) is 9.59 Å². The Balaban J connectivity index is 1.27. The number of rotatable bonds is 5. The first-order valence-corrected chi connectivity index (χ1v) is 13.9. The van der Waals surface area contributed by atoms with Crippen LogP contribution in [0.1, 0.15) is 84.6 Å². The lowest BCUT2D eigenvalue weighted by molar-refractivity contribution is -0.149. The van der Waals surface area contributed by atoms with Crippen molar-refractivity contribution in [1.82, 2.24) is 5.32 Å². The summed E-state index contributed by atoms with van der Waals surface area (Å²) in [5.74, 6) is 2.24. The summed E-state index contributed by atoms with van der Waals surface area (Å²) in [6.45, 7) is 8.56. The minimum Gasteiger partial charge on any atom is -0.462 e. The van der Waals surface area contributed by atoms with E-state index in [0.717, 1.165) is 44.9 Å². The van der Waals surface area contributed by atoms with Crippen molar-refractivity contribution in [3.63, 3.8) is 0 Å². The monoisotopic (exact) mass is 477 g/mol. The Bertz CT molecular complexity index is 986.